The molecule has 2 aromatic heterocycles. The molecule has 4 rings (SSSR count). The van der Waals surface area contributed by atoms with E-state index >= 15 is 0 Å². The number of para-hydroxylation sites is 2. The van der Waals surface area contributed by atoms with Gasteiger partial charge in [0.25, 0.3) is 5.56 Å². The number of fused-ring (bicyclic) bond motifs is 2. The molecule has 0 aliphatic heterocycles. The fourth-order valence-electron chi connectivity index (χ4n) is 3.55. The number of nitrogens with zero attached hydrogens (tertiary/aromatic N) is 1. The number of carbonyl (C=O) groups excluding carboxylic acids is 2. The fourth-order valence-corrected chi connectivity index (χ4v) is 3.55. The zero-order valence-corrected chi connectivity index (χ0v) is 15.7. The van der Waals surface area contributed by atoms with Crippen molar-refractivity contribution < 1.29 is 14.7 Å². The molecule has 1 amide bonds. The highest BCUT2D eigenvalue weighted by atomic mass is 16.4. The largest absolute Gasteiger partial charge is 0.548 e. The minimum atomic E-state index is -1.48. The van der Waals surface area contributed by atoms with Gasteiger partial charge in [0, 0.05) is 23.5 Å². The lowest BCUT2D eigenvalue weighted by Crippen LogP contribution is -2.47. The number of aliphatic carboxylic acids is 1. The molecular formula is C21H17N4O5-. The Hall–Kier alpha value is -4.14. The number of H-pyrrole nitrogens is 2. The van der Waals surface area contributed by atoms with Gasteiger partial charge in [0.05, 0.1) is 23.4 Å². The van der Waals surface area contributed by atoms with E-state index in [4.69, 9.17) is 0 Å². The molecule has 4 aromatic rings. The molecule has 0 spiro atoms. The predicted molar refractivity (Wildman–Crippen MR) is 108 cm³/mol. The highest BCUT2D eigenvalue weighted by molar-refractivity contribution is 5.87. The molecule has 0 radical (unpaired) electrons. The minimum absolute atomic E-state index is 0.00419. The summed E-state index contributed by atoms with van der Waals surface area (Å²) in [6.45, 7) is -0.733. The van der Waals surface area contributed by atoms with Crippen molar-refractivity contribution in [1.29, 1.82) is 0 Å². The van der Waals surface area contributed by atoms with E-state index in [1.807, 2.05) is 24.3 Å². The summed E-state index contributed by atoms with van der Waals surface area (Å²) in [6, 6.07) is 12.6. The Morgan fingerprint density at radius 2 is 1.67 bits per heavy atom. The van der Waals surface area contributed by atoms with Crippen molar-refractivity contribution >= 4 is 33.7 Å². The Balaban J connectivity index is 1.84. The summed E-state index contributed by atoms with van der Waals surface area (Å²) < 4.78 is 0.828. The van der Waals surface area contributed by atoms with Gasteiger partial charge in [0.2, 0.25) is 5.91 Å². The van der Waals surface area contributed by atoms with Crippen LogP contribution in [-0.2, 0) is 16.0 Å². The van der Waals surface area contributed by atoms with Crippen LogP contribution in [0.15, 0.2) is 64.3 Å². The first kappa shape index (κ1) is 19.2. The molecule has 9 nitrogen and oxygen atoms in total. The van der Waals surface area contributed by atoms with Crippen molar-refractivity contribution in [3.05, 3.63) is 81.1 Å². The second-order valence-corrected chi connectivity index (χ2v) is 6.82. The summed E-state index contributed by atoms with van der Waals surface area (Å²) in [4.78, 5) is 55.1. The molecule has 0 aliphatic rings. The average molecular weight is 405 g/mol. The molecule has 0 bridgehead atoms. The number of hydrogen-bond acceptors (Lipinski definition) is 5. The van der Waals surface area contributed by atoms with Gasteiger partial charge in [-0.15, -0.1) is 0 Å². The molecule has 0 fully saturated rings. The van der Waals surface area contributed by atoms with E-state index in [1.54, 1.807) is 30.5 Å². The molecule has 9 heteroatoms. The van der Waals surface area contributed by atoms with Crippen molar-refractivity contribution in [3.63, 3.8) is 0 Å². The number of hydrogen-bond donors (Lipinski definition) is 3. The maximum Gasteiger partial charge on any atom is 0.329 e. The van der Waals surface area contributed by atoms with Crippen LogP contribution in [0.5, 0.6) is 0 Å². The normalized spacial score (nSPS) is 12.1. The van der Waals surface area contributed by atoms with Crippen LogP contribution < -0.4 is 21.7 Å². The van der Waals surface area contributed by atoms with Crippen LogP contribution in [0.25, 0.3) is 21.8 Å². The van der Waals surface area contributed by atoms with Gasteiger partial charge in [-0.25, -0.2) is 9.36 Å². The lowest BCUT2D eigenvalue weighted by molar-refractivity contribution is -0.304. The van der Waals surface area contributed by atoms with Crippen molar-refractivity contribution in [2.75, 3.05) is 6.54 Å². The molecule has 0 saturated carbocycles. The van der Waals surface area contributed by atoms with Crippen LogP contribution in [0.1, 0.15) is 11.6 Å². The number of amides is 1. The quantitative estimate of drug-likeness (QED) is 0.408. The average Bonchev–Trinajstić information content (AvgIpc) is 3.14. The van der Waals surface area contributed by atoms with Gasteiger partial charge < -0.3 is 25.2 Å². The second kappa shape index (κ2) is 7.70. The van der Waals surface area contributed by atoms with E-state index in [2.05, 4.69) is 15.3 Å². The molecule has 0 saturated heterocycles. The van der Waals surface area contributed by atoms with Gasteiger partial charge in [0.15, 0.2) is 0 Å². The Morgan fingerprint density at radius 3 is 2.40 bits per heavy atom. The van der Waals surface area contributed by atoms with Gasteiger partial charge in [-0.05, 0) is 23.8 Å². The molecule has 0 unspecified atom stereocenters. The maximum absolute atomic E-state index is 13.1. The zero-order valence-electron chi connectivity index (χ0n) is 15.7. The summed E-state index contributed by atoms with van der Waals surface area (Å²) in [5, 5.41) is 14.1. The molecule has 1 atom stereocenters. The topological polar surface area (TPSA) is 140 Å². The third kappa shape index (κ3) is 3.48. The minimum Gasteiger partial charge on any atom is -0.548 e. The number of benzene rings is 2. The summed E-state index contributed by atoms with van der Waals surface area (Å²) in [6.07, 6.45) is 1.70. The van der Waals surface area contributed by atoms with E-state index in [9.17, 15) is 24.3 Å². The van der Waals surface area contributed by atoms with E-state index < -0.39 is 35.7 Å². The number of carboxylic acid groups (broad SMARTS) is 1. The summed E-state index contributed by atoms with van der Waals surface area (Å²) in [5.74, 6) is -2.25. The van der Waals surface area contributed by atoms with Gasteiger partial charge in [-0.1, -0.05) is 30.3 Å². The number of rotatable bonds is 6. The smallest absolute Gasteiger partial charge is 0.329 e. The van der Waals surface area contributed by atoms with Crippen LogP contribution in [0.2, 0.25) is 0 Å². The van der Waals surface area contributed by atoms with Crippen molar-refractivity contribution in [1.82, 2.24) is 19.9 Å². The Labute approximate surface area is 169 Å². The van der Waals surface area contributed by atoms with Crippen LogP contribution in [-0.4, -0.2) is 33.0 Å². The van der Waals surface area contributed by atoms with Crippen LogP contribution >= 0.6 is 0 Å². The van der Waals surface area contributed by atoms with Crippen LogP contribution in [0.3, 0.4) is 0 Å². The Kier molecular flexibility index (Phi) is 4.93. The van der Waals surface area contributed by atoms with Crippen molar-refractivity contribution in [2.24, 2.45) is 0 Å². The standard InChI is InChI=1S/C21H18N4O5/c26-18(27)11-23-19(28)17(9-12-10-22-15-7-3-1-5-13(12)15)25-20(29)14-6-2-4-8-16(14)24-21(25)30/h1-8,10,17,22H,9,11H2,(H,23,28)(H,24,30)(H,26,27)/p-1/t17-/m0/s1. The molecule has 0 aliphatic carbocycles. The first-order valence-corrected chi connectivity index (χ1v) is 9.22. The maximum atomic E-state index is 13.1. The molecule has 152 valence electrons. The highest BCUT2D eigenvalue weighted by Crippen LogP contribution is 2.22. The zero-order chi connectivity index (χ0) is 21.3. The Morgan fingerprint density at radius 1 is 1.00 bits per heavy atom. The van der Waals surface area contributed by atoms with Gasteiger partial charge >= 0.3 is 5.69 Å². The summed E-state index contributed by atoms with van der Waals surface area (Å²) in [5.41, 5.74) is 0.500. The summed E-state index contributed by atoms with van der Waals surface area (Å²) in [7, 11) is 0. The first-order valence-electron chi connectivity index (χ1n) is 9.22. The predicted octanol–water partition coefficient (Wildman–Crippen LogP) is -0.179. The molecule has 2 aromatic carbocycles. The second-order valence-electron chi connectivity index (χ2n) is 6.82. The van der Waals surface area contributed by atoms with Crippen LogP contribution in [0, 0.1) is 0 Å². The Bertz CT molecular complexity index is 1380. The number of aromatic amines is 2. The number of aromatic nitrogens is 3. The van der Waals surface area contributed by atoms with E-state index in [0.717, 1.165) is 15.5 Å². The van der Waals surface area contributed by atoms with Crippen LogP contribution in [0.4, 0.5) is 0 Å². The van der Waals surface area contributed by atoms with E-state index in [-0.39, 0.29) is 11.8 Å². The molecule has 30 heavy (non-hydrogen) atoms. The van der Waals surface area contributed by atoms with Gasteiger partial charge in [-0.2, -0.15) is 0 Å². The summed E-state index contributed by atoms with van der Waals surface area (Å²) >= 11 is 0. The third-order valence-corrected chi connectivity index (χ3v) is 4.95. The van der Waals surface area contributed by atoms with Crippen molar-refractivity contribution in [3.8, 4) is 0 Å². The molecule has 2 heterocycles. The van der Waals surface area contributed by atoms with E-state index in [0.29, 0.717) is 11.1 Å². The number of nitrogens with one attached hydrogen (secondary N) is 3. The lowest BCUT2D eigenvalue weighted by Gasteiger charge is -2.19. The molecule has 3 N–H and O–H groups in total. The van der Waals surface area contributed by atoms with E-state index in [1.165, 1.54) is 0 Å². The van der Waals surface area contributed by atoms with Crippen molar-refractivity contribution in [2.45, 2.75) is 12.5 Å². The SMILES string of the molecule is O=C([O-])CNC(=O)[C@H](Cc1c[nH]c2ccccc12)n1c(=O)[nH]c2ccccc2c1=O. The highest BCUT2D eigenvalue weighted by Gasteiger charge is 2.26. The fraction of sp³-hybridized carbons (Fsp3) is 0.143. The van der Waals surface area contributed by atoms with Gasteiger partial charge in [-0.3, -0.25) is 9.59 Å². The number of carbonyl (C=O) groups is 2. The molecular weight excluding hydrogens is 388 g/mol. The first-order chi connectivity index (χ1) is 14.5. The monoisotopic (exact) mass is 405 g/mol. The number of carboxylic acids is 1. The van der Waals surface area contributed by atoms with Gasteiger partial charge in [0.1, 0.15) is 6.04 Å². The lowest BCUT2D eigenvalue weighted by atomic mass is 10.0. The third-order valence-electron chi connectivity index (χ3n) is 4.95.